The average molecular weight is 387 g/mol. The van der Waals surface area contributed by atoms with E-state index in [1.807, 2.05) is 30.3 Å². The van der Waals surface area contributed by atoms with E-state index in [1.165, 1.54) is 12.1 Å². The number of imide groups is 1. The topological polar surface area (TPSA) is 72.9 Å². The highest BCUT2D eigenvalue weighted by atomic mass is 16.7. The monoisotopic (exact) mass is 387 g/mol. The van der Waals surface area contributed by atoms with Crippen LogP contribution in [0.15, 0.2) is 78.9 Å². The second kappa shape index (κ2) is 8.08. The van der Waals surface area contributed by atoms with Gasteiger partial charge in [-0.25, -0.2) is 4.79 Å². The molecule has 0 spiro atoms. The van der Waals surface area contributed by atoms with Gasteiger partial charge in [0.1, 0.15) is 0 Å². The minimum Gasteiger partial charge on any atom is -0.372 e. The number of hydrogen-bond acceptors (Lipinski definition) is 5. The van der Waals surface area contributed by atoms with Crippen LogP contribution in [0.1, 0.15) is 42.2 Å². The van der Waals surface area contributed by atoms with Crippen LogP contribution < -0.4 is 0 Å². The second-order valence-corrected chi connectivity index (χ2v) is 6.46. The largest absolute Gasteiger partial charge is 0.372 e. The molecule has 0 saturated carbocycles. The maximum Gasteiger partial charge on any atom is 0.364 e. The summed E-state index contributed by atoms with van der Waals surface area (Å²) in [7, 11) is 0. The number of amides is 2. The van der Waals surface area contributed by atoms with Crippen LogP contribution in [-0.4, -0.2) is 22.8 Å². The van der Waals surface area contributed by atoms with Crippen molar-refractivity contribution in [2.75, 3.05) is 0 Å². The predicted octanol–water partition coefficient (Wildman–Crippen LogP) is 3.77. The first-order valence-corrected chi connectivity index (χ1v) is 9.05. The number of nitrogens with zero attached hydrogens (tertiary/aromatic N) is 1. The van der Waals surface area contributed by atoms with E-state index in [-0.39, 0.29) is 23.3 Å². The average Bonchev–Trinajstić information content (AvgIpc) is 3.00. The highest BCUT2D eigenvalue weighted by Gasteiger charge is 2.39. The van der Waals surface area contributed by atoms with Crippen molar-refractivity contribution in [2.24, 2.45) is 0 Å². The maximum atomic E-state index is 12.7. The molecule has 0 atom stereocenters. The van der Waals surface area contributed by atoms with Gasteiger partial charge in [0.15, 0.2) is 0 Å². The summed E-state index contributed by atoms with van der Waals surface area (Å²) in [5.74, 6) is -2.10. The van der Waals surface area contributed by atoms with E-state index in [0.29, 0.717) is 17.2 Å². The van der Waals surface area contributed by atoms with Crippen molar-refractivity contribution in [3.8, 4) is 0 Å². The van der Waals surface area contributed by atoms with Crippen molar-refractivity contribution >= 4 is 17.8 Å². The Morgan fingerprint density at radius 1 is 0.724 bits per heavy atom. The summed E-state index contributed by atoms with van der Waals surface area (Å²) in [6.45, 7) is 0.574. The highest BCUT2D eigenvalue weighted by Crippen LogP contribution is 2.24. The predicted molar refractivity (Wildman–Crippen MR) is 104 cm³/mol. The van der Waals surface area contributed by atoms with Crippen molar-refractivity contribution in [1.29, 1.82) is 0 Å². The summed E-state index contributed by atoms with van der Waals surface area (Å²) >= 11 is 0. The van der Waals surface area contributed by atoms with E-state index >= 15 is 0 Å². The number of hydrogen-bond donors (Lipinski definition) is 0. The lowest BCUT2D eigenvalue weighted by Crippen LogP contribution is -2.33. The fourth-order valence-corrected chi connectivity index (χ4v) is 3.08. The van der Waals surface area contributed by atoms with Crippen LogP contribution in [0, 0.1) is 0 Å². The Morgan fingerprint density at radius 3 is 2.00 bits per heavy atom. The van der Waals surface area contributed by atoms with E-state index in [2.05, 4.69) is 0 Å². The highest BCUT2D eigenvalue weighted by molar-refractivity contribution is 6.21. The smallest absolute Gasteiger partial charge is 0.364 e. The van der Waals surface area contributed by atoms with Gasteiger partial charge in [-0.05, 0) is 29.3 Å². The van der Waals surface area contributed by atoms with E-state index in [4.69, 9.17) is 9.57 Å². The van der Waals surface area contributed by atoms with Gasteiger partial charge in [0.05, 0.1) is 29.9 Å². The summed E-state index contributed by atoms with van der Waals surface area (Å²) in [5.41, 5.74) is 2.27. The summed E-state index contributed by atoms with van der Waals surface area (Å²) in [6.07, 6.45) is 0. The lowest BCUT2D eigenvalue weighted by molar-refractivity contribution is -0.0586. The molecule has 144 valence electrons. The van der Waals surface area contributed by atoms with Crippen LogP contribution in [0.4, 0.5) is 0 Å². The number of fused-ring (bicyclic) bond motifs is 1. The Balaban J connectivity index is 1.46. The second-order valence-electron chi connectivity index (χ2n) is 6.46. The molecule has 1 aliphatic heterocycles. The third-order valence-corrected chi connectivity index (χ3v) is 4.54. The molecule has 1 heterocycles. The molecule has 0 radical (unpaired) electrons. The van der Waals surface area contributed by atoms with Crippen molar-refractivity contribution in [3.05, 3.63) is 107 Å². The molecular weight excluding hydrogens is 370 g/mol. The Labute approximate surface area is 167 Å². The molecule has 6 heteroatoms. The molecule has 3 aromatic rings. The summed E-state index contributed by atoms with van der Waals surface area (Å²) in [6, 6.07) is 22.8. The SMILES string of the molecule is O=C(ON1C(=O)c2ccccc2C1=O)c1ccccc1COCc1ccccc1. The summed E-state index contributed by atoms with van der Waals surface area (Å²) in [5, 5.41) is 0.509. The first-order chi connectivity index (χ1) is 14.1. The van der Waals surface area contributed by atoms with Crippen LogP contribution in [0.5, 0.6) is 0 Å². The first kappa shape index (κ1) is 18.6. The zero-order chi connectivity index (χ0) is 20.2. The molecule has 0 unspecified atom stereocenters. The first-order valence-electron chi connectivity index (χ1n) is 9.05. The molecule has 0 fully saturated rings. The van der Waals surface area contributed by atoms with Crippen LogP contribution in [0.25, 0.3) is 0 Å². The number of hydroxylamine groups is 2. The Morgan fingerprint density at radius 2 is 1.31 bits per heavy atom. The molecule has 0 bridgehead atoms. The number of carbonyl (C=O) groups is 3. The quantitative estimate of drug-likeness (QED) is 0.602. The fourth-order valence-electron chi connectivity index (χ4n) is 3.08. The van der Waals surface area contributed by atoms with Gasteiger partial charge in [0.25, 0.3) is 11.8 Å². The van der Waals surface area contributed by atoms with Crippen LogP contribution in [0.2, 0.25) is 0 Å². The van der Waals surface area contributed by atoms with Gasteiger partial charge in [-0.2, -0.15) is 0 Å². The van der Waals surface area contributed by atoms with Crippen molar-refractivity contribution < 1.29 is 24.0 Å². The molecule has 4 rings (SSSR count). The molecule has 2 amide bonds. The molecule has 1 aliphatic rings. The molecule has 6 nitrogen and oxygen atoms in total. The maximum absolute atomic E-state index is 12.7. The lowest BCUT2D eigenvalue weighted by atomic mass is 10.1. The van der Waals surface area contributed by atoms with Gasteiger partial charge in [0.2, 0.25) is 0 Å². The Bertz CT molecular complexity index is 1040. The minimum absolute atomic E-state index is 0.183. The molecular formula is C23H17NO5. The molecule has 0 N–H and O–H groups in total. The van der Waals surface area contributed by atoms with Gasteiger partial charge in [-0.15, -0.1) is 0 Å². The van der Waals surface area contributed by atoms with Crippen molar-refractivity contribution in [2.45, 2.75) is 13.2 Å². The van der Waals surface area contributed by atoms with Crippen LogP contribution in [-0.2, 0) is 22.8 Å². The Kier molecular flexibility index (Phi) is 5.18. The fraction of sp³-hybridized carbons (Fsp3) is 0.0870. The standard InChI is InChI=1S/C23H17NO5/c25-21-19-12-6-7-13-20(19)22(26)24(21)29-23(27)18-11-5-4-10-17(18)15-28-14-16-8-2-1-3-9-16/h1-13H,14-15H2. The van der Waals surface area contributed by atoms with Gasteiger partial charge in [0, 0.05) is 0 Å². The number of rotatable bonds is 6. The molecule has 0 aliphatic carbocycles. The molecule has 3 aromatic carbocycles. The number of benzene rings is 3. The van der Waals surface area contributed by atoms with Crippen molar-refractivity contribution in [3.63, 3.8) is 0 Å². The summed E-state index contributed by atoms with van der Waals surface area (Å²) in [4.78, 5) is 42.6. The van der Waals surface area contributed by atoms with Crippen LogP contribution in [0.3, 0.4) is 0 Å². The van der Waals surface area contributed by atoms with E-state index in [1.54, 1.807) is 36.4 Å². The van der Waals surface area contributed by atoms with Crippen LogP contribution >= 0.6 is 0 Å². The number of carbonyl (C=O) groups excluding carboxylic acids is 3. The Hall–Kier alpha value is -3.77. The van der Waals surface area contributed by atoms with E-state index in [0.717, 1.165) is 5.56 Å². The van der Waals surface area contributed by atoms with Gasteiger partial charge < -0.3 is 9.57 Å². The number of ether oxygens (including phenoxy) is 1. The van der Waals surface area contributed by atoms with Crippen molar-refractivity contribution in [1.82, 2.24) is 5.06 Å². The summed E-state index contributed by atoms with van der Waals surface area (Å²) < 4.78 is 5.70. The molecule has 0 saturated heterocycles. The zero-order valence-electron chi connectivity index (χ0n) is 15.4. The van der Waals surface area contributed by atoms with Gasteiger partial charge >= 0.3 is 5.97 Å². The normalized spacial score (nSPS) is 12.8. The van der Waals surface area contributed by atoms with Gasteiger partial charge in [-0.1, -0.05) is 65.7 Å². The van der Waals surface area contributed by atoms with E-state index in [9.17, 15) is 14.4 Å². The van der Waals surface area contributed by atoms with E-state index < -0.39 is 17.8 Å². The third-order valence-electron chi connectivity index (χ3n) is 4.54. The molecule has 0 aromatic heterocycles. The van der Waals surface area contributed by atoms with Gasteiger partial charge in [-0.3, -0.25) is 9.59 Å². The zero-order valence-corrected chi connectivity index (χ0v) is 15.4. The minimum atomic E-state index is -0.793. The lowest BCUT2D eigenvalue weighted by Gasteiger charge is -2.14. The molecule has 29 heavy (non-hydrogen) atoms. The third kappa shape index (κ3) is 3.79.